The number of anilines is 1. The number of aryl methyl sites for hydroxylation is 1. The van der Waals surface area contributed by atoms with Crippen molar-refractivity contribution in [3.8, 4) is 11.4 Å². The number of aromatic amines is 1. The van der Waals surface area contributed by atoms with Gasteiger partial charge in [-0.2, -0.15) is 0 Å². The third-order valence-corrected chi connectivity index (χ3v) is 7.01. The minimum Gasteiger partial charge on any atom is -0.360 e. The van der Waals surface area contributed by atoms with Crippen molar-refractivity contribution in [2.75, 3.05) is 5.32 Å². The molecule has 30 heavy (non-hydrogen) atoms. The number of benzene rings is 2. The quantitative estimate of drug-likeness (QED) is 0.458. The van der Waals surface area contributed by atoms with E-state index in [0.29, 0.717) is 16.3 Å². The van der Waals surface area contributed by atoms with Crippen LogP contribution in [0.25, 0.3) is 11.4 Å². The highest BCUT2D eigenvalue weighted by molar-refractivity contribution is 7.90. The molecule has 0 aliphatic carbocycles. The number of rotatable bonds is 6. The molecule has 0 aliphatic rings. The van der Waals surface area contributed by atoms with Crippen molar-refractivity contribution in [1.82, 2.24) is 9.97 Å². The van der Waals surface area contributed by atoms with E-state index in [4.69, 9.17) is 0 Å². The third kappa shape index (κ3) is 4.50. The van der Waals surface area contributed by atoms with Crippen LogP contribution >= 0.6 is 11.3 Å². The summed E-state index contributed by atoms with van der Waals surface area (Å²) in [7, 11) is -3.44. The van der Waals surface area contributed by atoms with Crippen LogP contribution in [0.2, 0.25) is 0 Å². The van der Waals surface area contributed by atoms with Crippen LogP contribution in [0, 0.1) is 6.92 Å². The van der Waals surface area contributed by atoms with Crippen LogP contribution in [0.15, 0.2) is 77.1 Å². The first-order chi connectivity index (χ1) is 14.4. The largest absolute Gasteiger partial charge is 0.360 e. The molecular formula is C22H19N3O3S2. The fourth-order valence-corrected chi connectivity index (χ4v) is 4.97. The van der Waals surface area contributed by atoms with Crippen molar-refractivity contribution < 1.29 is 13.2 Å². The average molecular weight is 438 g/mol. The van der Waals surface area contributed by atoms with Crippen molar-refractivity contribution in [1.29, 1.82) is 0 Å². The highest BCUT2D eigenvalue weighted by Crippen LogP contribution is 2.24. The van der Waals surface area contributed by atoms with Crippen LogP contribution in [0.3, 0.4) is 0 Å². The predicted molar refractivity (Wildman–Crippen MR) is 118 cm³/mol. The van der Waals surface area contributed by atoms with Crippen LogP contribution in [-0.2, 0) is 15.6 Å². The first-order valence-electron chi connectivity index (χ1n) is 9.20. The van der Waals surface area contributed by atoms with Gasteiger partial charge >= 0.3 is 0 Å². The summed E-state index contributed by atoms with van der Waals surface area (Å²) in [4.78, 5) is 20.3. The van der Waals surface area contributed by atoms with Crippen molar-refractivity contribution >= 4 is 32.2 Å². The zero-order chi connectivity index (χ0) is 21.1. The lowest BCUT2D eigenvalue weighted by atomic mass is 10.1. The number of hydrogen-bond donors (Lipinski definition) is 2. The average Bonchev–Trinajstić information content (AvgIpc) is 3.40. The van der Waals surface area contributed by atoms with E-state index in [1.165, 1.54) is 11.3 Å². The fraction of sp³-hybridized carbons (Fsp3) is 0.0909. The van der Waals surface area contributed by atoms with Gasteiger partial charge in [0, 0.05) is 17.1 Å². The Morgan fingerprint density at radius 2 is 1.80 bits per heavy atom. The molecule has 2 aromatic heterocycles. The number of H-pyrrole nitrogens is 1. The molecule has 0 atom stereocenters. The molecule has 2 aromatic carbocycles. The topological polar surface area (TPSA) is 91.9 Å². The highest BCUT2D eigenvalue weighted by atomic mass is 32.2. The summed E-state index contributed by atoms with van der Waals surface area (Å²) < 4.78 is 25.2. The Bertz CT molecular complexity index is 1260. The van der Waals surface area contributed by atoms with E-state index >= 15 is 0 Å². The molecule has 2 N–H and O–H groups in total. The lowest BCUT2D eigenvalue weighted by Gasteiger charge is -2.07. The Morgan fingerprint density at radius 1 is 1.07 bits per heavy atom. The van der Waals surface area contributed by atoms with Crippen LogP contribution in [0.5, 0.6) is 0 Å². The molecule has 4 aromatic rings. The molecule has 152 valence electrons. The van der Waals surface area contributed by atoms with Gasteiger partial charge in [-0.05, 0) is 48.9 Å². The van der Waals surface area contributed by atoms with Gasteiger partial charge in [-0.3, -0.25) is 10.1 Å². The van der Waals surface area contributed by atoms with E-state index in [1.807, 2.05) is 30.6 Å². The number of carbonyl (C=O) groups excluding carboxylic acids is 1. The molecule has 0 spiro atoms. The van der Waals surface area contributed by atoms with Gasteiger partial charge in [0.25, 0.3) is 5.91 Å². The summed E-state index contributed by atoms with van der Waals surface area (Å²) in [6.45, 7) is 1.91. The Morgan fingerprint density at radius 3 is 2.47 bits per heavy atom. The molecule has 0 bridgehead atoms. The number of hydrogen-bond acceptors (Lipinski definition) is 5. The minimum absolute atomic E-state index is 0.121. The molecule has 2 heterocycles. The van der Waals surface area contributed by atoms with E-state index in [1.54, 1.807) is 48.5 Å². The van der Waals surface area contributed by atoms with E-state index in [-0.39, 0.29) is 16.6 Å². The van der Waals surface area contributed by atoms with E-state index in [0.717, 1.165) is 17.0 Å². The predicted octanol–water partition coefficient (Wildman–Crippen LogP) is 4.67. The number of nitrogens with zero attached hydrogens (tertiary/aromatic N) is 1. The normalized spacial score (nSPS) is 11.4. The van der Waals surface area contributed by atoms with Crippen LogP contribution < -0.4 is 5.32 Å². The zero-order valence-corrected chi connectivity index (χ0v) is 17.8. The minimum atomic E-state index is -3.44. The third-order valence-electron chi connectivity index (χ3n) is 4.55. The maximum Gasteiger partial charge on any atom is 0.257 e. The summed E-state index contributed by atoms with van der Waals surface area (Å²) in [5.74, 6) is -0.417. The molecule has 0 unspecified atom stereocenters. The molecular weight excluding hydrogens is 418 g/mol. The molecule has 1 amide bonds. The van der Waals surface area contributed by atoms with Gasteiger partial charge in [-0.25, -0.2) is 13.4 Å². The number of carbonyl (C=O) groups is 1. The van der Waals surface area contributed by atoms with Crippen molar-refractivity contribution in [3.63, 3.8) is 0 Å². The lowest BCUT2D eigenvalue weighted by molar-refractivity contribution is 0.102. The summed E-state index contributed by atoms with van der Waals surface area (Å²) in [5, 5.41) is 5.13. The number of nitrogens with one attached hydrogen (secondary N) is 2. The highest BCUT2D eigenvalue weighted by Gasteiger charge is 2.16. The molecule has 0 saturated heterocycles. The first kappa shape index (κ1) is 20.1. The summed E-state index contributed by atoms with van der Waals surface area (Å²) >= 11 is 1.34. The number of thiazole rings is 1. The fourth-order valence-electron chi connectivity index (χ4n) is 2.91. The Kier molecular flexibility index (Phi) is 5.52. The van der Waals surface area contributed by atoms with Gasteiger partial charge < -0.3 is 4.98 Å². The van der Waals surface area contributed by atoms with E-state index in [2.05, 4.69) is 15.3 Å². The van der Waals surface area contributed by atoms with Gasteiger partial charge in [0.1, 0.15) is 0 Å². The monoisotopic (exact) mass is 437 g/mol. The SMILES string of the molecule is Cc1ccc(S(=O)(=O)Cc2ccc(C(=O)Nc3nc(-c4ccc[nH]4)cs3)cc2)cc1. The van der Waals surface area contributed by atoms with Crippen molar-refractivity contribution in [2.24, 2.45) is 0 Å². The van der Waals surface area contributed by atoms with Gasteiger partial charge in [-0.1, -0.05) is 29.8 Å². The molecule has 6 nitrogen and oxygen atoms in total. The van der Waals surface area contributed by atoms with E-state index in [9.17, 15) is 13.2 Å². The van der Waals surface area contributed by atoms with E-state index < -0.39 is 9.84 Å². The number of amides is 1. The van der Waals surface area contributed by atoms with Gasteiger partial charge in [-0.15, -0.1) is 11.3 Å². The molecule has 8 heteroatoms. The second-order valence-electron chi connectivity index (χ2n) is 6.84. The number of sulfone groups is 1. The van der Waals surface area contributed by atoms with Gasteiger partial charge in [0.2, 0.25) is 0 Å². The Labute approximate surface area is 178 Å². The lowest BCUT2D eigenvalue weighted by Crippen LogP contribution is -2.12. The summed E-state index contributed by atoms with van der Waals surface area (Å²) in [5.41, 5.74) is 3.70. The summed E-state index contributed by atoms with van der Waals surface area (Å²) in [6.07, 6.45) is 1.81. The maximum atomic E-state index is 12.6. The molecule has 0 aliphatic heterocycles. The maximum absolute atomic E-state index is 12.6. The number of aromatic nitrogens is 2. The zero-order valence-electron chi connectivity index (χ0n) is 16.1. The first-order valence-corrected chi connectivity index (χ1v) is 11.7. The Balaban J connectivity index is 1.43. The molecule has 0 fully saturated rings. The summed E-state index contributed by atoms with van der Waals surface area (Å²) in [6, 6.07) is 17.1. The van der Waals surface area contributed by atoms with Gasteiger partial charge in [0.15, 0.2) is 15.0 Å². The molecule has 4 rings (SSSR count). The second-order valence-corrected chi connectivity index (χ2v) is 9.69. The molecule has 0 saturated carbocycles. The molecule has 0 radical (unpaired) electrons. The van der Waals surface area contributed by atoms with Crippen LogP contribution in [-0.4, -0.2) is 24.3 Å². The van der Waals surface area contributed by atoms with Crippen molar-refractivity contribution in [3.05, 3.63) is 88.9 Å². The standard InChI is InChI=1S/C22H19N3O3S2/c1-15-4-10-18(11-5-15)30(27,28)14-16-6-8-17(9-7-16)21(26)25-22-24-20(13-29-22)19-3-2-12-23-19/h2-13,23H,14H2,1H3,(H,24,25,26). The van der Waals surface area contributed by atoms with Crippen molar-refractivity contribution in [2.45, 2.75) is 17.6 Å². The van der Waals surface area contributed by atoms with Crippen LogP contribution in [0.1, 0.15) is 21.5 Å². The second kappa shape index (κ2) is 8.25. The van der Waals surface area contributed by atoms with Gasteiger partial charge in [0.05, 0.1) is 22.0 Å². The van der Waals surface area contributed by atoms with Crippen LogP contribution in [0.4, 0.5) is 5.13 Å². The smallest absolute Gasteiger partial charge is 0.257 e. The Hall–Kier alpha value is -3.23.